The molecule has 2 rings (SSSR count). The van der Waals surface area contributed by atoms with E-state index in [-0.39, 0.29) is 0 Å². The topological polar surface area (TPSA) is 78.4 Å². The highest BCUT2D eigenvalue weighted by molar-refractivity contribution is 5.73. The summed E-state index contributed by atoms with van der Waals surface area (Å²) in [5, 5.41) is 19.7. The normalized spacial score (nSPS) is 10.3. The van der Waals surface area contributed by atoms with Crippen LogP contribution in [0.1, 0.15) is 5.56 Å². The SMILES string of the molecule is N#Cc1cnn2cccc2c1.O=C(O)C(F)(F)F. The van der Waals surface area contributed by atoms with Gasteiger partial charge in [-0.15, -0.1) is 0 Å². The van der Waals surface area contributed by atoms with Gasteiger partial charge >= 0.3 is 12.1 Å². The van der Waals surface area contributed by atoms with Crippen molar-refractivity contribution >= 4 is 11.5 Å². The zero-order valence-electron chi connectivity index (χ0n) is 8.72. The van der Waals surface area contributed by atoms with Gasteiger partial charge in [0.05, 0.1) is 17.3 Å². The number of rotatable bonds is 0. The van der Waals surface area contributed by atoms with E-state index in [4.69, 9.17) is 15.2 Å². The summed E-state index contributed by atoms with van der Waals surface area (Å²) in [6.07, 6.45) is -1.69. The fourth-order valence-corrected chi connectivity index (χ4v) is 0.987. The summed E-state index contributed by atoms with van der Waals surface area (Å²) < 4.78 is 33.5. The van der Waals surface area contributed by atoms with Crippen LogP contribution in [0.5, 0.6) is 0 Å². The van der Waals surface area contributed by atoms with Crippen LogP contribution in [0.25, 0.3) is 5.52 Å². The van der Waals surface area contributed by atoms with Gasteiger partial charge in [-0.25, -0.2) is 9.31 Å². The van der Waals surface area contributed by atoms with Crippen molar-refractivity contribution in [3.8, 4) is 6.07 Å². The van der Waals surface area contributed by atoms with Crippen LogP contribution in [0.15, 0.2) is 30.6 Å². The lowest BCUT2D eigenvalue weighted by Gasteiger charge is -1.93. The average Bonchev–Trinajstić information content (AvgIpc) is 2.75. The Labute approximate surface area is 98.7 Å². The number of carboxylic acids is 1. The number of aliphatic carboxylic acids is 1. The molecule has 5 nitrogen and oxygen atoms in total. The Morgan fingerprint density at radius 3 is 2.61 bits per heavy atom. The third-order valence-corrected chi connectivity index (χ3v) is 1.76. The Bertz CT molecular complexity index is 598. The number of nitrogens with zero attached hydrogens (tertiary/aromatic N) is 3. The van der Waals surface area contributed by atoms with E-state index in [1.54, 1.807) is 16.8 Å². The molecule has 0 amide bonds. The molecule has 0 atom stereocenters. The second-order valence-electron chi connectivity index (χ2n) is 3.04. The van der Waals surface area contributed by atoms with Gasteiger partial charge in [-0.3, -0.25) is 0 Å². The van der Waals surface area contributed by atoms with Gasteiger partial charge in [-0.2, -0.15) is 23.5 Å². The van der Waals surface area contributed by atoms with Crippen molar-refractivity contribution in [1.82, 2.24) is 9.61 Å². The van der Waals surface area contributed by atoms with Gasteiger partial charge in [0.1, 0.15) is 6.07 Å². The van der Waals surface area contributed by atoms with Gasteiger partial charge < -0.3 is 5.11 Å². The van der Waals surface area contributed by atoms with Crippen molar-refractivity contribution in [3.63, 3.8) is 0 Å². The van der Waals surface area contributed by atoms with E-state index in [2.05, 4.69) is 5.10 Å². The quantitative estimate of drug-likeness (QED) is 0.781. The molecule has 0 spiro atoms. The van der Waals surface area contributed by atoms with Crippen LogP contribution in [-0.2, 0) is 4.79 Å². The largest absolute Gasteiger partial charge is 0.490 e. The fourth-order valence-electron chi connectivity index (χ4n) is 0.987. The molecule has 18 heavy (non-hydrogen) atoms. The number of carbonyl (C=O) groups is 1. The molecular formula is C10H6F3N3O2. The Balaban J connectivity index is 0.000000203. The van der Waals surface area contributed by atoms with Crippen molar-refractivity contribution in [3.05, 3.63) is 36.2 Å². The minimum absolute atomic E-state index is 0.594. The molecule has 8 heteroatoms. The van der Waals surface area contributed by atoms with E-state index in [0.717, 1.165) is 5.52 Å². The molecule has 94 valence electrons. The molecule has 0 saturated heterocycles. The molecule has 0 unspecified atom stereocenters. The van der Waals surface area contributed by atoms with E-state index in [1.807, 2.05) is 24.4 Å². The second kappa shape index (κ2) is 5.18. The molecular weight excluding hydrogens is 251 g/mol. The van der Waals surface area contributed by atoms with Gasteiger partial charge in [-0.05, 0) is 18.2 Å². The molecule has 0 aromatic carbocycles. The summed E-state index contributed by atoms with van der Waals surface area (Å²) in [7, 11) is 0. The molecule has 0 aliphatic heterocycles. The number of aromatic nitrogens is 2. The Kier molecular flexibility index (Phi) is 3.89. The van der Waals surface area contributed by atoms with Crippen molar-refractivity contribution in [2.75, 3.05) is 0 Å². The zero-order valence-corrected chi connectivity index (χ0v) is 8.72. The molecule has 2 aromatic heterocycles. The predicted octanol–water partition coefficient (Wildman–Crippen LogP) is 1.84. The Hall–Kier alpha value is -2.56. The van der Waals surface area contributed by atoms with E-state index in [1.165, 1.54) is 0 Å². The zero-order chi connectivity index (χ0) is 13.8. The van der Waals surface area contributed by atoms with Gasteiger partial charge in [0, 0.05) is 6.20 Å². The summed E-state index contributed by atoms with van der Waals surface area (Å²) >= 11 is 0. The van der Waals surface area contributed by atoms with Crippen LogP contribution in [0.4, 0.5) is 13.2 Å². The van der Waals surface area contributed by atoms with Crippen LogP contribution in [0, 0.1) is 11.3 Å². The van der Waals surface area contributed by atoms with Crippen LogP contribution in [-0.4, -0.2) is 26.9 Å². The highest BCUT2D eigenvalue weighted by Crippen LogP contribution is 2.13. The van der Waals surface area contributed by atoms with Crippen molar-refractivity contribution < 1.29 is 23.1 Å². The first-order valence-electron chi connectivity index (χ1n) is 4.48. The molecule has 0 saturated carbocycles. The molecule has 2 aromatic rings. The summed E-state index contributed by atoms with van der Waals surface area (Å²) in [5.74, 6) is -2.76. The first-order chi connectivity index (χ1) is 8.34. The van der Waals surface area contributed by atoms with Crippen LogP contribution < -0.4 is 0 Å². The highest BCUT2D eigenvalue weighted by Gasteiger charge is 2.38. The van der Waals surface area contributed by atoms with Crippen molar-refractivity contribution in [1.29, 1.82) is 5.26 Å². The molecule has 0 fully saturated rings. The van der Waals surface area contributed by atoms with Crippen molar-refractivity contribution in [2.45, 2.75) is 6.18 Å². The number of halogens is 3. The first kappa shape index (κ1) is 13.5. The Morgan fingerprint density at radius 1 is 1.50 bits per heavy atom. The minimum Gasteiger partial charge on any atom is -0.475 e. The second-order valence-corrected chi connectivity index (χ2v) is 3.04. The lowest BCUT2D eigenvalue weighted by molar-refractivity contribution is -0.192. The fraction of sp³-hybridized carbons (Fsp3) is 0.100. The van der Waals surface area contributed by atoms with Crippen LogP contribution in [0.2, 0.25) is 0 Å². The van der Waals surface area contributed by atoms with Gasteiger partial charge in [0.15, 0.2) is 0 Å². The average molecular weight is 257 g/mol. The first-order valence-corrected chi connectivity index (χ1v) is 4.48. The molecule has 2 heterocycles. The number of alkyl halides is 3. The molecule has 1 N–H and O–H groups in total. The molecule has 0 bridgehead atoms. The summed E-state index contributed by atoms with van der Waals surface area (Å²) in [6.45, 7) is 0. The van der Waals surface area contributed by atoms with E-state index < -0.39 is 12.1 Å². The number of fused-ring (bicyclic) bond motifs is 1. The number of nitriles is 1. The summed E-state index contributed by atoms with van der Waals surface area (Å²) in [5.41, 5.74) is 1.54. The number of hydrogen-bond donors (Lipinski definition) is 1. The minimum atomic E-state index is -5.08. The molecule has 0 aliphatic rings. The summed E-state index contributed by atoms with van der Waals surface area (Å²) in [6, 6.07) is 7.63. The maximum absolute atomic E-state index is 10.6. The highest BCUT2D eigenvalue weighted by atomic mass is 19.4. The number of hydrogen-bond acceptors (Lipinski definition) is 3. The van der Waals surface area contributed by atoms with E-state index in [0.29, 0.717) is 5.56 Å². The maximum atomic E-state index is 10.6. The standard InChI is InChI=1S/C8H5N3.C2HF3O2/c9-5-7-4-8-2-1-3-11(8)10-6-7;3-2(4,5)1(6)7/h1-4,6H;(H,6,7). The number of carboxylic acid groups (broad SMARTS) is 1. The lowest BCUT2D eigenvalue weighted by atomic mass is 10.3. The van der Waals surface area contributed by atoms with Gasteiger partial charge in [0.25, 0.3) is 0 Å². The maximum Gasteiger partial charge on any atom is 0.490 e. The smallest absolute Gasteiger partial charge is 0.475 e. The molecule has 0 radical (unpaired) electrons. The van der Waals surface area contributed by atoms with E-state index >= 15 is 0 Å². The predicted molar refractivity (Wildman–Crippen MR) is 53.6 cm³/mol. The van der Waals surface area contributed by atoms with Gasteiger partial charge in [0.2, 0.25) is 0 Å². The monoisotopic (exact) mass is 257 g/mol. The van der Waals surface area contributed by atoms with E-state index in [9.17, 15) is 13.2 Å². The third kappa shape index (κ3) is 3.48. The lowest BCUT2D eigenvalue weighted by Crippen LogP contribution is -2.21. The van der Waals surface area contributed by atoms with Crippen LogP contribution in [0.3, 0.4) is 0 Å². The third-order valence-electron chi connectivity index (χ3n) is 1.76. The van der Waals surface area contributed by atoms with Crippen LogP contribution >= 0.6 is 0 Å². The molecule has 0 aliphatic carbocycles. The summed E-state index contributed by atoms with van der Waals surface area (Å²) in [4.78, 5) is 8.90. The van der Waals surface area contributed by atoms with Crippen molar-refractivity contribution in [2.24, 2.45) is 0 Å². The van der Waals surface area contributed by atoms with Gasteiger partial charge in [-0.1, -0.05) is 0 Å². The Morgan fingerprint density at radius 2 is 2.11 bits per heavy atom.